The van der Waals surface area contributed by atoms with E-state index >= 15 is 0 Å². The van der Waals surface area contributed by atoms with Crippen molar-refractivity contribution in [2.24, 2.45) is 11.7 Å². The van der Waals surface area contributed by atoms with Crippen LogP contribution in [0.3, 0.4) is 0 Å². The van der Waals surface area contributed by atoms with Crippen molar-refractivity contribution in [2.45, 2.75) is 31.7 Å². The molecule has 1 aromatic rings. The molecule has 2 unspecified atom stereocenters. The van der Waals surface area contributed by atoms with Gasteiger partial charge in [0, 0.05) is 18.4 Å². The monoisotopic (exact) mass is 277 g/mol. The van der Waals surface area contributed by atoms with Crippen molar-refractivity contribution in [3.63, 3.8) is 0 Å². The van der Waals surface area contributed by atoms with E-state index in [1.807, 2.05) is 7.05 Å². The Hall–Kier alpha value is -1.53. The second-order valence-corrected chi connectivity index (χ2v) is 5.38. The molecular formula is C14H23N5O. The first kappa shape index (κ1) is 14.9. The number of nitrogens with one attached hydrogen (secondary N) is 1. The number of hydrogen-bond donors (Lipinski definition) is 2. The van der Waals surface area contributed by atoms with Crippen LogP contribution in [-0.4, -0.2) is 47.0 Å². The van der Waals surface area contributed by atoms with Crippen LogP contribution in [0.25, 0.3) is 0 Å². The minimum atomic E-state index is -0.0833. The van der Waals surface area contributed by atoms with E-state index in [1.54, 1.807) is 18.5 Å². The molecule has 0 saturated heterocycles. The van der Waals surface area contributed by atoms with Crippen molar-refractivity contribution in [1.82, 2.24) is 14.9 Å². The molecule has 3 N–H and O–H groups in total. The SMILES string of the molecule is CN(CC(=O)Nc1ncccn1)C1CCCCC1CN. The van der Waals surface area contributed by atoms with Crippen LogP contribution < -0.4 is 11.1 Å². The lowest BCUT2D eigenvalue weighted by molar-refractivity contribution is -0.117. The van der Waals surface area contributed by atoms with Gasteiger partial charge in [0.1, 0.15) is 0 Å². The standard InChI is InChI=1S/C14H23N5O/c1-19(12-6-3-2-5-11(12)9-15)10-13(20)18-14-16-7-4-8-17-14/h4,7-8,11-12H,2-3,5-6,9-10,15H2,1H3,(H,16,17,18,20). The number of carbonyl (C=O) groups excluding carboxylic acids is 1. The van der Waals surface area contributed by atoms with Gasteiger partial charge in [-0.15, -0.1) is 0 Å². The van der Waals surface area contributed by atoms with Crippen molar-refractivity contribution in [3.05, 3.63) is 18.5 Å². The largest absolute Gasteiger partial charge is 0.330 e. The minimum absolute atomic E-state index is 0.0833. The van der Waals surface area contributed by atoms with E-state index in [-0.39, 0.29) is 5.91 Å². The zero-order valence-corrected chi connectivity index (χ0v) is 12.0. The van der Waals surface area contributed by atoms with Crippen LogP contribution in [-0.2, 0) is 4.79 Å². The third-order valence-electron chi connectivity index (χ3n) is 3.95. The van der Waals surface area contributed by atoms with Crippen LogP contribution in [0.15, 0.2) is 18.5 Å². The third kappa shape index (κ3) is 3.98. The molecule has 1 fully saturated rings. The molecule has 2 atom stereocenters. The molecule has 1 aliphatic carbocycles. The van der Waals surface area contributed by atoms with E-state index in [2.05, 4.69) is 20.2 Å². The third-order valence-corrected chi connectivity index (χ3v) is 3.95. The van der Waals surface area contributed by atoms with Crippen LogP contribution in [0.5, 0.6) is 0 Å². The number of amides is 1. The molecule has 20 heavy (non-hydrogen) atoms. The highest BCUT2D eigenvalue weighted by molar-refractivity contribution is 5.90. The molecule has 1 heterocycles. The Balaban J connectivity index is 1.86. The average Bonchev–Trinajstić information content (AvgIpc) is 2.48. The lowest BCUT2D eigenvalue weighted by Gasteiger charge is -2.37. The maximum absolute atomic E-state index is 12.0. The summed E-state index contributed by atoms with van der Waals surface area (Å²) in [5.74, 6) is 0.763. The van der Waals surface area contributed by atoms with Crippen molar-refractivity contribution < 1.29 is 4.79 Å². The van der Waals surface area contributed by atoms with Gasteiger partial charge in [-0.05, 0) is 38.4 Å². The van der Waals surface area contributed by atoms with Crippen molar-refractivity contribution in [3.8, 4) is 0 Å². The fourth-order valence-electron chi connectivity index (χ4n) is 2.91. The second kappa shape index (κ2) is 7.31. The molecular weight excluding hydrogens is 254 g/mol. The highest BCUT2D eigenvalue weighted by Crippen LogP contribution is 2.26. The minimum Gasteiger partial charge on any atom is -0.330 e. The smallest absolute Gasteiger partial charge is 0.240 e. The van der Waals surface area contributed by atoms with Crippen LogP contribution in [0, 0.1) is 5.92 Å². The molecule has 1 aromatic heterocycles. The van der Waals surface area contributed by atoms with Gasteiger partial charge in [-0.3, -0.25) is 15.0 Å². The second-order valence-electron chi connectivity index (χ2n) is 5.38. The van der Waals surface area contributed by atoms with Gasteiger partial charge in [-0.2, -0.15) is 0 Å². The quantitative estimate of drug-likeness (QED) is 0.834. The molecule has 1 amide bonds. The highest BCUT2D eigenvalue weighted by atomic mass is 16.2. The van der Waals surface area contributed by atoms with Crippen LogP contribution >= 0.6 is 0 Å². The summed E-state index contributed by atoms with van der Waals surface area (Å²) in [6.07, 6.45) is 7.96. The Morgan fingerprint density at radius 2 is 2.10 bits per heavy atom. The van der Waals surface area contributed by atoms with Crippen LogP contribution in [0.1, 0.15) is 25.7 Å². The number of anilines is 1. The molecule has 0 radical (unpaired) electrons. The first-order valence-corrected chi connectivity index (χ1v) is 7.18. The van der Waals surface area contributed by atoms with E-state index in [1.165, 1.54) is 12.8 Å². The molecule has 1 aliphatic rings. The van der Waals surface area contributed by atoms with Gasteiger partial charge in [-0.25, -0.2) is 9.97 Å². The number of likely N-dealkylation sites (N-methyl/N-ethyl adjacent to an activating group) is 1. The fraction of sp³-hybridized carbons (Fsp3) is 0.643. The van der Waals surface area contributed by atoms with Crippen LogP contribution in [0.2, 0.25) is 0 Å². The Kier molecular flexibility index (Phi) is 5.43. The summed E-state index contributed by atoms with van der Waals surface area (Å²) in [5.41, 5.74) is 5.84. The number of carbonyl (C=O) groups is 1. The molecule has 6 heteroatoms. The Bertz CT molecular complexity index is 425. The predicted molar refractivity (Wildman–Crippen MR) is 78.1 cm³/mol. The molecule has 0 spiro atoms. The molecule has 0 aliphatic heterocycles. The van der Waals surface area contributed by atoms with Crippen LogP contribution in [0.4, 0.5) is 5.95 Å². The molecule has 1 saturated carbocycles. The molecule has 0 aromatic carbocycles. The maximum Gasteiger partial charge on any atom is 0.240 e. The summed E-state index contributed by atoms with van der Waals surface area (Å²) in [4.78, 5) is 22.1. The summed E-state index contributed by atoms with van der Waals surface area (Å²) in [7, 11) is 1.99. The molecule has 2 rings (SSSR count). The number of hydrogen-bond acceptors (Lipinski definition) is 5. The Morgan fingerprint density at radius 1 is 1.40 bits per heavy atom. The van der Waals surface area contributed by atoms with Gasteiger partial charge in [0.15, 0.2) is 0 Å². The van der Waals surface area contributed by atoms with Gasteiger partial charge in [0.05, 0.1) is 6.54 Å². The first-order chi connectivity index (χ1) is 9.70. The van der Waals surface area contributed by atoms with E-state index in [4.69, 9.17) is 5.73 Å². The average molecular weight is 277 g/mol. The fourth-order valence-corrected chi connectivity index (χ4v) is 2.91. The topological polar surface area (TPSA) is 84.1 Å². The van der Waals surface area contributed by atoms with E-state index in [9.17, 15) is 4.79 Å². The Morgan fingerprint density at radius 3 is 2.80 bits per heavy atom. The van der Waals surface area contributed by atoms with Gasteiger partial charge >= 0.3 is 0 Å². The summed E-state index contributed by atoms with van der Waals surface area (Å²) >= 11 is 0. The van der Waals surface area contributed by atoms with Crippen molar-refractivity contribution in [2.75, 3.05) is 25.5 Å². The predicted octanol–water partition coefficient (Wildman–Crippen LogP) is 0.864. The van der Waals surface area contributed by atoms with Crippen molar-refractivity contribution >= 4 is 11.9 Å². The lowest BCUT2D eigenvalue weighted by Crippen LogP contribution is -2.46. The summed E-state index contributed by atoms with van der Waals surface area (Å²) in [6.45, 7) is 1.04. The van der Waals surface area contributed by atoms with Crippen molar-refractivity contribution in [1.29, 1.82) is 0 Å². The normalized spacial score (nSPS) is 22.8. The maximum atomic E-state index is 12.0. The highest BCUT2D eigenvalue weighted by Gasteiger charge is 2.28. The van der Waals surface area contributed by atoms with Gasteiger partial charge in [0.2, 0.25) is 11.9 Å². The Labute approximate surface area is 119 Å². The summed E-state index contributed by atoms with van der Waals surface area (Å²) in [6, 6.07) is 2.12. The summed E-state index contributed by atoms with van der Waals surface area (Å²) < 4.78 is 0. The number of nitrogens with zero attached hydrogens (tertiary/aromatic N) is 3. The lowest BCUT2D eigenvalue weighted by atomic mass is 9.84. The molecule has 0 bridgehead atoms. The molecule has 110 valence electrons. The first-order valence-electron chi connectivity index (χ1n) is 7.18. The zero-order valence-electron chi connectivity index (χ0n) is 12.0. The van der Waals surface area contributed by atoms with Gasteiger partial charge in [0.25, 0.3) is 0 Å². The number of aromatic nitrogens is 2. The van der Waals surface area contributed by atoms with E-state index < -0.39 is 0 Å². The van der Waals surface area contributed by atoms with E-state index in [0.29, 0.717) is 31.0 Å². The zero-order chi connectivity index (χ0) is 14.4. The van der Waals surface area contributed by atoms with Gasteiger partial charge < -0.3 is 5.73 Å². The summed E-state index contributed by atoms with van der Waals surface area (Å²) in [5, 5.41) is 2.71. The van der Waals surface area contributed by atoms with Gasteiger partial charge in [-0.1, -0.05) is 12.8 Å². The number of nitrogens with two attached hydrogens (primary N) is 1. The van der Waals surface area contributed by atoms with E-state index in [0.717, 1.165) is 12.8 Å². The number of rotatable bonds is 5. The molecule has 6 nitrogen and oxygen atoms in total.